The molecule has 0 saturated carbocycles. The largest absolute Gasteiger partial charge is 0.481 e. The predicted octanol–water partition coefficient (Wildman–Crippen LogP) is 5.35. The molecule has 0 aliphatic heterocycles. The van der Waals surface area contributed by atoms with Crippen LogP contribution >= 0.6 is 11.3 Å². The highest BCUT2D eigenvalue weighted by atomic mass is 32.1. The number of ether oxygens (including phenoxy) is 1. The zero-order valence-corrected chi connectivity index (χ0v) is 17.6. The molecule has 0 spiro atoms. The Labute approximate surface area is 169 Å². The molecule has 1 heterocycles. The fraction of sp³-hybridized carbons (Fsp3) is 0.318. The summed E-state index contributed by atoms with van der Waals surface area (Å²) in [4.78, 5) is 12.6. The molecule has 1 unspecified atom stereocenters. The quantitative estimate of drug-likeness (QED) is 0.611. The van der Waals surface area contributed by atoms with Crippen LogP contribution in [0, 0.1) is 13.8 Å². The first-order valence-electron chi connectivity index (χ1n) is 9.32. The normalized spacial score (nSPS) is 12.1. The molecule has 146 valence electrons. The number of aromatic nitrogens is 2. The van der Waals surface area contributed by atoms with Gasteiger partial charge in [-0.3, -0.25) is 10.1 Å². The zero-order valence-electron chi connectivity index (χ0n) is 16.8. The van der Waals surface area contributed by atoms with Crippen molar-refractivity contribution in [2.24, 2.45) is 0 Å². The van der Waals surface area contributed by atoms with E-state index < -0.39 is 6.10 Å². The summed E-state index contributed by atoms with van der Waals surface area (Å²) in [7, 11) is 0. The van der Waals surface area contributed by atoms with Crippen LogP contribution in [0.3, 0.4) is 0 Å². The van der Waals surface area contributed by atoms with Crippen LogP contribution in [0.1, 0.15) is 43.4 Å². The molecule has 0 radical (unpaired) electrons. The summed E-state index contributed by atoms with van der Waals surface area (Å²) in [6.07, 6.45) is -0.647. The minimum absolute atomic E-state index is 0.247. The summed E-state index contributed by atoms with van der Waals surface area (Å²) in [5.41, 5.74) is 4.35. The van der Waals surface area contributed by atoms with E-state index in [0.717, 1.165) is 27.4 Å². The molecule has 0 saturated heterocycles. The van der Waals surface area contributed by atoms with Gasteiger partial charge >= 0.3 is 0 Å². The van der Waals surface area contributed by atoms with Gasteiger partial charge in [-0.25, -0.2) is 0 Å². The molecule has 5 nitrogen and oxygen atoms in total. The van der Waals surface area contributed by atoms with Crippen molar-refractivity contribution in [2.75, 3.05) is 5.32 Å². The minimum atomic E-state index is -0.647. The number of nitrogens with zero attached hydrogens (tertiary/aromatic N) is 2. The molecule has 28 heavy (non-hydrogen) atoms. The molecule has 1 N–H and O–H groups in total. The average molecular weight is 396 g/mol. The van der Waals surface area contributed by atoms with E-state index in [-0.39, 0.29) is 5.91 Å². The van der Waals surface area contributed by atoms with Gasteiger partial charge in [0.25, 0.3) is 5.91 Å². The maximum Gasteiger partial charge on any atom is 0.266 e. The van der Waals surface area contributed by atoms with Crippen LogP contribution in [0.15, 0.2) is 42.5 Å². The lowest BCUT2D eigenvalue weighted by atomic mass is 10.0. The smallest absolute Gasteiger partial charge is 0.266 e. The Balaban J connectivity index is 1.68. The Morgan fingerprint density at radius 2 is 1.68 bits per heavy atom. The molecule has 1 amide bonds. The topological polar surface area (TPSA) is 64.1 Å². The number of amides is 1. The molecule has 6 heteroatoms. The monoisotopic (exact) mass is 395 g/mol. The lowest BCUT2D eigenvalue weighted by molar-refractivity contribution is -0.122. The van der Waals surface area contributed by atoms with E-state index in [2.05, 4.69) is 41.5 Å². The maximum absolute atomic E-state index is 12.6. The van der Waals surface area contributed by atoms with Gasteiger partial charge in [-0.1, -0.05) is 67.1 Å². The fourth-order valence-corrected chi connectivity index (χ4v) is 3.51. The van der Waals surface area contributed by atoms with Crippen LogP contribution in [0.2, 0.25) is 0 Å². The first-order chi connectivity index (χ1) is 13.3. The van der Waals surface area contributed by atoms with Crippen molar-refractivity contribution in [2.45, 2.75) is 46.6 Å². The number of hydrogen-bond donors (Lipinski definition) is 1. The average Bonchev–Trinajstić information content (AvgIpc) is 3.10. The van der Waals surface area contributed by atoms with Crippen molar-refractivity contribution in [3.8, 4) is 16.3 Å². The van der Waals surface area contributed by atoms with E-state index in [1.807, 2.05) is 44.2 Å². The SMILES string of the molecule is Cc1ccc(-c2nnc(NC(=O)C(C)Oc3cc(C)ccc3C(C)C)s2)cc1. The second-order valence-electron chi connectivity index (χ2n) is 7.22. The number of carbonyl (C=O) groups excluding carboxylic acids is 1. The summed E-state index contributed by atoms with van der Waals surface area (Å²) in [6.45, 7) is 10.0. The first-order valence-corrected chi connectivity index (χ1v) is 10.1. The summed E-state index contributed by atoms with van der Waals surface area (Å²) in [6, 6.07) is 14.1. The number of hydrogen-bond acceptors (Lipinski definition) is 5. The highest BCUT2D eigenvalue weighted by Gasteiger charge is 2.19. The van der Waals surface area contributed by atoms with Crippen LogP contribution in [-0.4, -0.2) is 22.2 Å². The van der Waals surface area contributed by atoms with Crippen LogP contribution in [0.5, 0.6) is 5.75 Å². The van der Waals surface area contributed by atoms with Crippen LogP contribution in [-0.2, 0) is 4.79 Å². The van der Waals surface area contributed by atoms with Crippen LogP contribution in [0.25, 0.3) is 10.6 Å². The van der Waals surface area contributed by atoms with E-state index in [9.17, 15) is 4.79 Å². The van der Waals surface area contributed by atoms with Gasteiger partial charge in [0.15, 0.2) is 6.10 Å². The highest BCUT2D eigenvalue weighted by molar-refractivity contribution is 7.18. The van der Waals surface area contributed by atoms with E-state index in [1.54, 1.807) is 6.92 Å². The lowest BCUT2D eigenvalue weighted by Gasteiger charge is -2.18. The standard InChI is InChI=1S/C22H25N3O2S/c1-13(2)18-11-8-15(4)12-19(18)27-16(5)20(26)23-22-25-24-21(28-22)17-9-6-14(3)7-10-17/h6-13,16H,1-5H3,(H,23,25,26). The van der Waals surface area contributed by atoms with E-state index in [1.165, 1.54) is 16.9 Å². The van der Waals surface area contributed by atoms with Gasteiger partial charge in [-0.15, -0.1) is 10.2 Å². The van der Waals surface area contributed by atoms with Crippen molar-refractivity contribution in [3.05, 3.63) is 59.2 Å². The zero-order chi connectivity index (χ0) is 20.3. The van der Waals surface area contributed by atoms with Gasteiger partial charge in [0.2, 0.25) is 5.13 Å². The van der Waals surface area contributed by atoms with Crippen molar-refractivity contribution < 1.29 is 9.53 Å². The first kappa shape index (κ1) is 20.0. The van der Waals surface area contributed by atoms with Gasteiger partial charge in [0.05, 0.1) is 0 Å². The van der Waals surface area contributed by atoms with Gasteiger partial charge in [-0.05, 0) is 43.9 Å². The summed E-state index contributed by atoms with van der Waals surface area (Å²) in [5.74, 6) is 0.809. The second-order valence-corrected chi connectivity index (χ2v) is 8.20. The molecule has 3 rings (SSSR count). The van der Waals surface area contributed by atoms with E-state index in [4.69, 9.17) is 4.74 Å². The summed E-state index contributed by atoms with van der Waals surface area (Å²) >= 11 is 1.34. The predicted molar refractivity (Wildman–Crippen MR) is 114 cm³/mol. The molecule has 0 bridgehead atoms. The van der Waals surface area contributed by atoms with Gasteiger partial charge < -0.3 is 4.74 Å². The number of aryl methyl sites for hydroxylation is 2. The summed E-state index contributed by atoms with van der Waals surface area (Å²) < 4.78 is 5.97. The van der Waals surface area contributed by atoms with Crippen molar-refractivity contribution in [1.82, 2.24) is 10.2 Å². The van der Waals surface area contributed by atoms with Crippen LogP contribution < -0.4 is 10.1 Å². The molecule has 1 aromatic heterocycles. The lowest BCUT2D eigenvalue weighted by Crippen LogP contribution is -2.30. The molecular weight excluding hydrogens is 370 g/mol. The molecule has 3 aromatic rings. The summed E-state index contributed by atoms with van der Waals surface area (Å²) in [5, 5.41) is 12.3. The van der Waals surface area contributed by atoms with E-state index in [0.29, 0.717) is 11.0 Å². The Bertz CT molecular complexity index is 964. The number of carbonyl (C=O) groups is 1. The van der Waals surface area contributed by atoms with Crippen molar-refractivity contribution in [1.29, 1.82) is 0 Å². The molecule has 0 aliphatic rings. The third-order valence-electron chi connectivity index (χ3n) is 4.42. The van der Waals surface area contributed by atoms with Crippen molar-refractivity contribution in [3.63, 3.8) is 0 Å². The number of benzene rings is 2. The number of nitrogens with one attached hydrogen (secondary N) is 1. The molecule has 0 aliphatic carbocycles. The van der Waals surface area contributed by atoms with Crippen molar-refractivity contribution >= 4 is 22.4 Å². The number of anilines is 1. The van der Waals surface area contributed by atoms with Crippen LogP contribution in [0.4, 0.5) is 5.13 Å². The highest BCUT2D eigenvalue weighted by Crippen LogP contribution is 2.29. The third kappa shape index (κ3) is 4.75. The van der Waals surface area contributed by atoms with E-state index >= 15 is 0 Å². The van der Waals surface area contributed by atoms with Gasteiger partial charge in [0.1, 0.15) is 10.8 Å². The Kier molecular flexibility index (Phi) is 6.09. The molecule has 0 fully saturated rings. The Hall–Kier alpha value is -2.73. The fourth-order valence-electron chi connectivity index (χ4n) is 2.76. The molecule has 2 aromatic carbocycles. The van der Waals surface area contributed by atoms with Gasteiger partial charge in [0, 0.05) is 5.56 Å². The number of rotatable bonds is 6. The Morgan fingerprint density at radius 1 is 1.00 bits per heavy atom. The van der Waals surface area contributed by atoms with Gasteiger partial charge in [-0.2, -0.15) is 0 Å². The molecular formula is C22H25N3O2S. The third-order valence-corrected chi connectivity index (χ3v) is 5.31. The molecule has 1 atom stereocenters. The minimum Gasteiger partial charge on any atom is -0.481 e. The second kappa shape index (κ2) is 8.52. The maximum atomic E-state index is 12.6. The Morgan fingerprint density at radius 3 is 2.36 bits per heavy atom.